The summed E-state index contributed by atoms with van der Waals surface area (Å²) in [6, 6.07) is 29.5. The number of ether oxygens (including phenoxy) is 4. The highest BCUT2D eigenvalue weighted by Crippen LogP contribution is 2.63. The van der Waals surface area contributed by atoms with E-state index in [1.807, 2.05) is 24.3 Å². The third kappa shape index (κ3) is 9.28. The van der Waals surface area contributed by atoms with E-state index < -0.39 is 5.79 Å². The lowest BCUT2D eigenvalue weighted by molar-refractivity contribution is -0.223. The minimum Gasteiger partial charge on any atom is -0.460 e. The van der Waals surface area contributed by atoms with Crippen molar-refractivity contribution in [1.82, 2.24) is 0 Å². The Hall–Kier alpha value is -3.77. The topological polar surface area (TPSA) is 99.0 Å². The van der Waals surface area contributed by atoms with Gasteiger partial charge in [0, 0.05) is 47.3 Å². The van der Waals surface area contributed by atoms with E-state index >= 15 is 0 Å². The summed E-state index contributed by atoms with van der Waals surface area (Å²) in [6.45, 7) is 5.38. The van der Waals surface area contributed by atoms with Crippen molar-refractivity contribution in [2.75, 3.05) is 32.7 Å². The fraction of sp³-hybridized carbons (Fsp3) is 0.449. The van der Waals surface area contributed by atoms with Gasteiger partial charge >= 0.3 is 0 Å². The molecule has 2 heterocycles. The first kappa shape index (κ1) is 41.9. The molecule has 1 saturated heterocycles. The first-order valence-electron chi connectivity index (χ1n) is 21.4. The van der Waals surface area contributed by atoms with Crippen LogP contribution in [0.1, 0.15) is 75.7 Å². The molecule has 2 aliphatic heterocycles. The molecule has 4 aliphatic rings. The summed E-state index contributed by atoms with van der Waals surface area (Å²) < 4.78 is 27.2. The fourth-order valence-electron chi connectivity index (χ4n) is 9.59. The van der Waals surface area contributed by atoms with Crippen molar-refractivity contribution < 1.29 is 34.0 Å². The van der Waals surface area contributed by atoms with Crippen molar-refractivity contribution in [3.63, 3.8) is 0 Å². The Morgan fingerprint density at radius 3 is 2.42 bits per heavy atom. The highest BCUT2D eigenvalue weighted by Gasteiger charge is 2.64. The Bertz CT molecular complexity index is 2100. The molecule has 4 aromatic rings. The average molecular weight is 836 g/mol. The van der Waals surface area contributed by atoms with Crippen molar-refractivity contribution in [3.8, 4) is 17.2 Å². The van der Waals surface area contributed by atoms with Gasteiger partial charge in [-0.1, -0.05) is 60.5 Å². The van der Waals surface area contributed by atoms with Crippen molar-refractivity contribution in [2.24, 2.45) is 22.9 Å². The van der Waals surface area contributed by atoms with E-state index in [9.17, 15) is 10.2 Å². The summed E-state index contributed by atoms with van der Waals surface area (Å²) in [5.41, 5.74) is 3.09. The second-order valence-corrected chi connectivity index (χ2v) is 18.2. The first-order chi connectivity index (χ1) is 29.0. The lowest BCUT2D eigenvalue weighted by atomic mass is 9.56. The molecule has 2 N–H and O–H groups in total. The van der Waals surface area contributed by atoms with Crippen LogP contribution < -0.4 is 9.47 Å². The molecule has 4 aromatic carbocycles. The molecule has 0 radical (unpaired) electrons. The van der Waals surface area contributed by atoms with Gasteiger partial charge in [0.1, 0.15) is 17.2 Å². The van der Waals surface area contributed by atoms with Gasteiger partial charge in [0.2, 0.25) is 12.1 Å². The first-order valence-corrected chi connectivity index (χ1v) is 23.5. The van der Waals surface area contributed by atoms with Crippen LogP contribution in [-0.4, -0.2) is 65.9 Å². The Labute approximate surface area is 357 Å². The van der Waals surface area contributed by atoms with Crippen LogP contribution >= 0.6 is 23.5 Å². The number of benzene rings is 4. The second kappa shape index (κ2) is 19.7. The Kier molecular flexibility index (Phi) is 14.0. The van der Waals surface area contributed by atoms with Crippen LogP contribution in [0.5, 0.6) is 17.2 Å². The normalized spacial score (nSPS) is 26.7. The van der Waals surface area contributed by atoms with Gasteiger partial charge in [0.25, 0.3) is 0 Å². The van der Waals surface area contributed by atoms with Crippen LogP contribution in [0, 0.1) is 17.8 Å². The number of unbranched alkanes of at least 4 members (excludes halogenated alkanes) is 2. The monoisotopic (exact) mass is 835 g/mol. The maximum absolute atomic E-state index is 10.00. The minimum absolute atomic E-state index is 0.0417. The number of hydrogen-bond acceptors (Lipinski definition) is 10. The van der Waals surface area contributed by atoms with Gasteiger partial charge in [-0.2, -0.15) is 0 Å². The Balaban J connectivity index is 1.29. The summed E-state index contributed by atoms with van der Waals surface area (Å²) in [5, 5.41) is 27.1. The molecule has 312 valence electrons. The van der Waals surface area contributed by atoms with Gasteiger partial charge in [-0.15, -0.1) is 30.1 Å². The Morgan fingerprint density at radius 2 is 1.66 bits per heavy atom. The number of thioether (sulfide) groups is 2. The van der Waals surface area contributed by atoms with Gasteiger partial charge in [0.05, 0.1) is 30.1 Å². The van der Waals surface area contributed by atoms with Crippen LogP contribution in [0.2, 0.25) is 0 Å². The van der Waals surface area contributed by atoms with Gasteiger partial charge in [-0.25, -0.2) is 0 Å². The lowest BCUT2D eigenvalue weighted by Crippen LogP contribution is -2.64. The molecule has 0 aromatic heterocycles. The SMILES string of the molecule is C=CCO[C@@]12Oc3ccc(Oc4ccc(SC)cc4)cc3[C@H]3[C@H](CCCCO)[C@@H](CCCCO)C=C(C(=NOC4CCCCO4)C[C@@H]1Sc1ccc4ccccc4c1)[C@H]32. The molecule has 1 saturated carbocycles. The molecule has 0 bridgehead atoms. The largest absolute Gasteiger partial charge is 0.460 e. The molecule has 8 rings (SSSR count). The van der Waals surface area contributed by atoms with E-state index in [4.69, 9.17) is 28.9 Å². The zero-order chi connectivity index (χ0) is 40.6. The van der Waals surface area contributed by atoms with Crippen molar-refractivity contribution >= 4 is 40.0 Å². The number of nitrogens with zero attached hydrogens (tertiary/aromatic N) is 1. The van der Waals surface area contributed by atoms with Gasteiger partial charge in [-0.3, -0.25) is 0 Å². The standard InChI is InChI=1S/C49H57NO7S2/c1-3-27-54-49-45(59-39-21-17-33-12-4-5-13-34(33)29-39)32-43(50-57-46-16-8-11-28-53-46)41-30-35(14-6-9-25-51)40(15-7-10-26-52)47(48(41)49)42-31-37(20-24-44(42)56-49)55-36-18-22-38(58-2)23-19-36/h3-5,12-13,17-24,29-31,35,40,45-48,51-52H,1,6-11,14-16,25-28,32H2,2H3/t35-,40+,45-,46?,47+,48+,49+/m0/s1. The molecule has 2 fully saturated rings. The number of aliphatic hydroxyl groups is 2. The predicted molar refractivity (Wildman–Crippen MR) is 238 cm³/mol. The third-order valence-corrected chi connectivity index (χ3v) is 14.4. The molecule has 0 spiro atoms. The average Bonchev–Trinajstić information content (AvgIpc) is 3.27. The van der Waals surface area contributed by atoms with Crippen LogP contribution in [-0.2, 0) is 14.3 Å². The summed E-state index contributed by atoms with van der Waals surface area (Å²) in [4.78, 5) is 8.61. The van der Waals surface area contributed by atoms with Crippen molar-refractivity contribution in [2.45, 2.75) is 97.2 Å². The van der Waals surface area contributed by atoms with Crippen LogP contribution in [0.4, 0.5) is 0 Å². The molecule has 10 heteroatoms. The van der Waals surface area contributed by atoms with E-state index in [-0.39, 0.29) is 48.4 Å². The number of fused-ring (bicyclic) bond motifs is 3. The zero-order valence-electron chi connectivity index (χ0n) is 34.0. The lowest BCUT2D eigenvalue weighted by Gasteiger charge is -2.58. The molecule has 7 atom stereocenters. The summed E-state index contributed by atoms with van der Waals surface area (Å²) in [5.74, 6) is 1.30. The molecule has 8 nitrogen and oxygen atoms in total. The van der Waals surface area contributed by atoms with E-state index in [0.717, 1.165) is 96.8 Å². The van der Waals surface area contributed by atoms with E-state index in [2.05, 4.69) is 85.6 Å². The van der Waals surface area contributed by atoms with Crippen LogP contribution in [0.25, 0.3) is 10.8 Å². The molecular weight excluding hydrogens is 779 g/mol. The number of hydrogen-bond donors (Lipinski definition) is 2. The van der Waals surface area contributed by atoms with Crippen LogP contribution in [0.15, 0.2) is 124 Å². The number of aliphatic hydroxyl groups excluding tert-OH is 2. The number of oxime groups is 1. The second-order valence-electron chi connectivity index (χ2n) is 16.1. The summed E-state index contributed by atoms with van der Waals surface area (Å²) >= 11 is 3.48. The smallest absolute Gasteiger partial charge is 0.231 e. The van der Waals surface area contributed by atoms with Crippen LogP contribution in [0.3, 0.4) is 0 Å². The molecule has 1 unspecified atom stereocenters. The molecule has 2 aliphatic carbocycles. The number of allylic oxidation sites excluding steroid dienone is 1. The minimum atomic E-state index is -1.09. The maximum atomic E-state index is 10.00. The third-order valence-electron chi connectivity index (χ3n) is 12.3. The fourth-order valence-corrected chi connectivity index (χ4v) is 11.3. The van der Waals surface area contributed by atoms with E-state index in [0.29, 0.717) is 19.6 Å². The van der Waals surface area contributed by atoms with Crippen molar-refractivity contribution in [1.29, 1.82) is 0 Å². The molecule has 59 heavy (non-hydrogen) atoms. The van der Waals surface area contributed by atoms with Gasteiger partial charge in [-0.05, 0) is 128 Å². The van der Waals surface area contributed by atoms with Gasteiger partial charge in [0.15, 0.2) is 0 Å². The highest BCUT2D eigenvalue weighted by atomic mass is 32.2. The predicted octanol–water partition coefficient (Wildman–Crippen LogP) is 11.3. The van der Waals surface area contributed by atoms with Gasteiger partial charge < -0.3 is 34.0 Å². The number of rotatable bonds is 18. The maximum Gasteiger partial charge on any atom is 0.231 e. The molecule has 0 amide bonds. The van der Waals surface area contributed by atoms with E-state index in [1.165, 1.54) is 15.7 Å². The summed E-state index contributed by atoms with van der Waals surface area (Å²) in [7, 11) is 0. The highest BCUT2D eigenvalue weighted by molar-refractivity contribution is 8.00. The quantitative estimate of drug-likeness (QED) is 0.0439. The Morgan fingerprint density at radius 1 is 0.881 bits per heavy atom. The zero-order valence-corrected chi connectivity index (χ0v) is 35.6. The van der Waals surface area contributed by atoms with Crippen molar-refractivity contribution in [3.05, 3.63) is 115 Å². The van der Waals surface area contributed by atoms with E-state index in [1.54, 1.807) is 23.5 Å². The molecular formula is C49H57NO7S2. The summed E-state index contributed by atoms with van der Waals surface area (Å²) in [6.07, 6.45) is 14.5.